The number of aromatic nitrogens is 2. The number of hydrogen-bond acceptors (Lipinski definition) is 9. The highest BCUT2D eigenvalue weighted by Gasteiger charge is 2.25. The van der Waals surface area contributed by atoms with Crippen LogP contribution in [0, 0.1) is 20.2 Å². The Balaban J connectivity index is 1.85. The standard InChI is InChI=1S/C16H11ClN4O6S/c1-26-14-10(6-12(20(22)23)7-13(14)21(24)25)8-28-16-19-18-15(27-16)9-2-4-11(17)5-3-9/h2-7H,8H2,1H3. The molecule has 144 valence electrons. The van der Waals surface area contributed by atoms with E-state index in [9.17, 15) is 20.2 Å². The molecular formula is C16H11ClN4O6S. The Morgan fingerprint density at radius 1 is 1.14 bits per heavy atom. The number of hydrogen-bond donors (Lipinski definition) is 0. The zero-order chi connectivity index (χ0) is 20.3. The third-order valence-corrected chi connectivity index (χ3v) is 4.71. The van der Waals surface area contributed by atoms with Crippen molar-refractivity contribution in [2.75, 3.05) is 7.11 Å². The second-order valence-corrected chi connectivity index (χ2v) is 6.70. The van der Waals surface area contributed by atoms with Gasteiger partial charge in [-0.1, -0.05) is 23.4 Å². The summed E-state index contributed by atoms with van der Waals surface area (Å²) in [5.74, 6) is 0.310. The number of non-ortho nitro benzene ring substituents is 1. The summed E-state index contributed by atoms with van der Waals surface area (Å²) < 4.78 is 10.6. The van der Waals surface area contributed by atoms with Crippen LogP contribution >= 0.6 is 23.4 Å². The molecule has 3 rings (SSSR count). The molecule has 0 saturated carbocycles. The number of ether oxygens (including phenoxy) is 1. The molecule has 1 aromatic heterocycles. The third-order valence-electron chi connectivity index (χ3n) is 3.59. The first kappa shape index (κ1) is 19.6. The predicted molar refractivity (Wildman–Crippen MR) is 101 cm³/mol. The molecule has 0 spiro atoms. The van der Waals surface area contributed by atoms with Crippen molar-refractivity contribution in [2.24, 2.45) is 0 Å². The van der Waals surface area contributed by atoms with Gasteiger partial charge in [-0.3, -0.25) is 20.2 Å². The van der Waals surface area contributed by atoms with Crippen molar-refractivity contribution < 1.29 is 19.0 Å². The molecule has 12 heteroatoms. The van der Waals surface area contributed by atoms with Crippen LogP contribution in [0.1, 0.15) is 5.56 Å². The number of methoxy groups -OCH3 is 1. The zero-order valence-corrected chi connectivity index (χ0v) is 15.8. The Hall–Kier alpha value is -3.18. The van der Waals surface area contributed by atoms with Crippen molar-refractivity contribution in [1.82, 2.24) is 10.2 Å². The summed E-state index contributed by atoms with van der Waals surface area (Å²) in [5.41, 5.74) is 0.0436. The SMILES string of the molecule is COc1c(CSc2nnc(-c3ccc(Cl)cc3)o2)cc([N+](=O)[O-])cc1[N+](=O)[O-]. The summed E-state index contributed by atoms with van der Waals surface area (Å²) in [6.07, 6.45) is 0. The van der Waals surface area contributed by atoms with Gasteiger partial charge in [0.15, 0.2) is 0 Å². The lowest BCUT2D eigenvalue weighted by Crippen LogP contribution is -2.00. The van der Waals surface area contributed by atoms with Crippen LogP contribution in [0.2, 0.25) is 5.02 Å². The van der Waals surface area contributed by atoms with Gasteiger partial charge in [-0.05, 0) is 24.3 Å². The zero-order valence-electron chi connectivity index (χ0n) is 14.2. The summed E-state index contributed by atoms with van der Waals surface area (Å²) in [6.45, 7) is 0. The largest absolute Gasteiger partial charge is 0.490 e. The average Bonchev–Trinajstić information content (AvgIpc) is 3.14. The smallest absolute Gasteiger partial charge is 0.318 e. The molecule has 0 aliphatic heterocycles. The highest BCUT2D eigenvalue weighted by molar-refractivity contribution is 7.98. The molecule has 0 amide bonds. The quantitative estimate of drug-likeness (QED) is 0.306. The van der Waals surface area contributed by atoms with E-state index in [0.29, 0.717) is 10.6 Å². The van der Waals surface area contributed by atoms with Gasteiger partial charge in [0.05, 0.1) is 23.0 Å². The fourth-order valence-electron chi connectivity index (χ4n) is 2.36. The van der Waals surface area contributed by atoms with Crippen molar-refractivity contribution in [3.05, 3.63) is 67.2 Å². The number of nitro groups is 2. The van der Waals surface area contributed by atoms with Crippen LogP contribution in [0.4, 0.5) is 11.4 Å². The summed E-state index contributed by atoms with van der Waals surface area (Å²) in [5, 5.41) is 30.9. The normalized spacial score (nSPS) is 10.6. The number of nitrogens with zero attached hydrogens (tertiary/aromatic N) is 4. The molecule has 3 aromatic rings. The monoisotopic (exact) mass is 422 g/mol. The lowest BCUT2D eigenvalue weighted by molar-refractivity contribution is -0.394. The Bertz CT molecular complexity index is 1040. The maximum Gasteiger partial charge on any atom is 0.318 e. The summed E-state index contributed by atoms with van der Waals surface area (Å²) in [4.78, 5) is 20.8. The van der Waals surface area contributed by atoms with Crippen molar-refractivity contribution in [3.8, 4) is 17.2 Å². The molecule has 0 saturated heterocycles. The average molecular weight is 423 g/mol. The summed E-state index contributed by atoms with van der Waals surface area (Å²) in [6, 6.07) is 8.88. The van der Waals surface area contributed by atoms with E-state index in [1.165, 1.54) is 13.2 Å². The van der Waals surface area contributed by atoms with Gasteiger partial charge in [0.2, 0.25) is 11.6 Å². The lowest BCUT2D eigenvalue weighted by atomic mass is 10.1. The molecule has 10 nitrogen and oxygen atoms in total. The molecule has 0 bridgehead atoms. The van der Waals surface area contributed by atoms with Crippen LogP contribution in [0.5, 0.6) is 5.75 Å². The molecular weight excluding hydrogens is 412 g/mol. The van der Waals surface area contributed by atoms with Crippen LogP contribution in [0.3, 0.4) is 0 Å². The second kappa shape index (κ2) is 8.23. The van der Waals surface area contributed by atoms with Crippen molar-refractivity contribution in [3.63, 3.8) is 0 Å². The van der Waals surface area contributed by atoms with Gasteiger partial charge in [-0.2, -0.15) is 0 Å². The topological polar surface area (TPSA) is 134 Å². The van der Waals surface area contributed by atoms with Crippen LogP contribution in [-0.4, -0.2) is 27.2 Å². The molecule has 0 N–H and O–H groups in total. The minimum absolute atomic E-state index is 0.0551. The lowest BCUT2D eigenvalue weighted by Gasteiger charge is -2.07. The van der Waals surface area contributed by atoms with Gasteiger partial charge in [0.1, 0.15) is 0 Å². The van der Waals surface area contributed by atoms with Gasteiger partial charge in [-0.25, -0.2) is 0 Å². The predicted octanol–water partition coefficient (Wildman–Crippen LogP) is 4.51. The first-order chi connectivity index (χ1) is 13.4. The Labute approximate surface area is 166 Å². The van der Waals surface area contributed by atoms with Gasteiger partial charge < -0.3 is 9.15 Å². The van der Waals surface area contributed by atoms with Crippen LogP contribution in [0.15, 0.2) is 46.0 Å². The maximum absolute atomic E-state index is 11.2. The van der Waals surface area contributed by atoms with E-state index >= 15 is 0 Å². The van der Waals surface area contributed by atoms with Gasteiger partial charge in [0.25, 0.3) is 10.9 Å². The fourth-order valence-corrected chi connectivity index (χ4v) is 3.21. The Morgan fingerprint density at radius 3 is 2.46 bits per heavy atom. The number of thioether (sulfide) groups is 1. The molecule has 28 heavy (non-hydrogen) atoms. The van der Waals surface area contributed by atoms with E-state index in [1.54, 1.807) is 24.3 Å². The summed E-state index contributed by atoms with van der Waals surface area (Å²) in [7, 11) is 1.26. The molecule has 0 atom stereocenters. The van der Waals surface area contributed by atoms with E-state index in [-0.39, 0.29) is 28.2 Å². The van der Waals surface area contributed by atoms with E-state index in [4.69, 9.17) is 20.8 Å². The highest BCUT2D eigenvalue weighted by atomic mass is 35.5. The molecule has 2 aromatic carbocycles. The number of rotatable bonds is 7. The minimum atomic E-state index is -0.731. The number of halogens is 1. The van der Waals surface area contributed by atoms with Gasteiger partial charge >= 0.3 is 5.69 Å². The van der Waals surface area contributed by atoms with Gasteiger partial charge in [-0.15, -0.1) is 10.2 Å². The van der Waals surface area contributed by atoms with Crippen LogP contribution < -0.4 is 4.74 Å². The fraction of sp³-hybridized carbons (Fsp3) is 0.125. The molecule has 0 radical (unpaired) electrons. The first-order valence-corrected chi connectivity index (χ1v) is 8.97. The third kappa shape index (κ3) is 4.21. The van der Waals surface area contributed by atoms with E-state index in [1.807, 2.05) is 0 Å². The molecule has 1 heterocycles. The summed E-state index contributed by atoms with van der Waals surface area (Å²) >= 11 is 6.91. The number of nitro benzene ring substituents is 2. The first-order valence-electron chi connectivity index (χ1n) is 7.61. The maximum atomic E-state index is 11.2. The molecule has 0 aliphatic rings. The molecule has 0 aliphatic carbocycles. The van der Waals surface area contributed by atoms with E-state index < -0.39 is 21.2 Å². The molecule has 0 fully saturated rings. The van der Waals surface area contributed by atoms with Crippen LogP contribution in [0.25, 0.3) is 11.5 Å². The molecule has 0 unspecified atom stereocenters. The van der Waals surface area contributed by atoms with Gasteiger partial charge in [0, 0.05) is 28.0 Å². The van der Waals surface area contributed by atoms with Crippen molar-refractivity contribution in [1.29, 1.82) is 0 Å². The number of benzene rings is 2. The highest BCUT2D eigenvalue weighted by Crippen LogP contribution is 2.38. The Morgan fingerprint density at radius 2 is 1.86 bits per heavy atom. The van der Waals surface area contributed by atoms with E-state index in [0.717, 1.165) is 17.8 Å². The van der Waals surface area contributed by atoms with Crippen molar-refractivity contribution in [2.45, 2.75) is 11.0 Å². The second-order valence-electron chi connectivity index (χ2n) is 5.34. The Kier molecular flexibility index (Phi) is 5.76. The van der Waals surface area contributed by atoms with Crippen molar-refractivity contribution >= 4 is 34.7 Å². The van der Waals surface area contributed by atoms with Crippen LogP contribution in [-0.2, 0) is 5.75 Å². The van der Waals surface area contributed by atoms with E-state index in [2.05, 4.69) is 10.2 Å². The minimum Gasteiger partial charge on any atom is -0.490 e.